The van der Waals surface area contributed by atoms with Crippen LogP contribution in [0.4, 0.5) is 26.3 Å². The molecule has 0 aromatic carbocycles. The second kappa shape index (κ2) is 6.90. The zero-order chi connectivity index (χ0) is 18.8. The average Bonchev–Trinajstić information content (AvgIpc) is 2.78. The van der Waals surface area contributed by atoms with Gasteiger partial charge in [0.15, 0.2) is 5.88 Å². The van der Waals surface area contributed by atoms with Crippen molar-refractivity contribution in [3.8, 4) is 0 Å². The number of aromatic nitrogens is 2. The number of aryl methyl sites for hydroxylation is 1. The molecule has 6 nitrogen and oxygen atoms in total. The Bertz CT molecular complexity index is 764. The minimum atomic E-state index is -5.39. The van der Waals surface area contributed by atoms with Gasteiger partial charge < -0.3 is 0 Å². The van der Waals surface area contributed by atoms with E-state index in [-0.39, 0.29) is 19.4 Å². The zero-order valence-corrected chi connectivity index (χ0v) is 13.5. The Morgan fingerprint density at radius 3 is 1.92 bits per heavy atom. The van der Waals surface area contributed by atoms with Crippen molar-refractivity contribution < 1.29 is 47.7 Å². The maximum Gasteiger partial charge on any atom is 0.501 e. The molecular weight excluding hydrogens is 390 g/mol. The molecule has 1 heterocycles. The first-order valence-corrected chi connectivity index (χ1v) is 9.59. The van der Waals surface area contributed by atoms with Crippen LogP contribution in [0.2, 0.25) is 0 Å². The van der Waals surface area contributed by atoms with E-state index in [4.69, 9.17) is 0 Å². The van der Waals surface area contributed by atoms with Crippen LogP contribution in [0.1, 0.15) is 12.8 Å². The predicted octanol–water partition coefficient (Wildman–Crippen LogP) is 1.38. The summed E-state index contributed by atoms with van der Waals surface area (Å²) in [4.78, 5) is 0. The SMILES string of the molecule is O=S(=O)(CCCC[n+]1ccn(CS(=O)(=O)C(F)(F)F)c1)C(F)(F)F. The van der Waals surface area contributed by atoms with Crippen LogP contribution >= 0.6 is 0 Å². The second-order valence-electron chi connectivity index (χ2n) is 4.83. The van der Waals surface area contributed by atoms with E-state index < -0.39 is 42.3 Å². The van der Waals surface area contributed by atoms with E-state index in [1.54, 1.807) is 0 Å². The molecule has 0 saturated carbocycles. The molecule has 14 heteroatoms. The summed E-state index contributed by atoms with van der Waals surface area (Å²) in [6.45, 7) is 0.0203. The number of halogens is 6. The minimum Gasteiger partial charge on any atom is -0.237 e. The van der Waals surface area contributed by atoms with Crippen molar-refractivity contribution in [2.45, 2.75) is 36.3 Å². The van der Waals surface area contributed by atoms with Gasteiger partial charge in [-0.3, -0.25) is 0 Å². The van der Waals surface area contributed by atoms with E-state index in [1.165, 1.54) is 10.8 Å². The van der Waals surface area contributed by atoms with Gasteiger partial charge in [0, 0.05) is 0 Å². The molecule has 0 unspecified atom stereocenters. The quantitative estimate of drug-likeness (QED) is 0.392. The lowest BCUT2D eigenvalue weighted by molar-refractivity contribution is -0.696. The highest BCUT2D eigenvalue weighted by Gasteiger charge is 2.47. The molecule has 0 aliphatic heterocycles. The van der Waals surface area contributed by atoms with Crippen LogP contribution < -0.4 is 4.57 Å². The van der Waals surface area contributed by atoms with Crippen molar-refractivity contribution in [3.63, 3.8) is 0 Å². The van der Waals surface area contributed by atoms with Crippen molar-refractivity contribution >= 4 is 19.7 Å². The summed E-state index contributed by atoms with van der Waals surface area (Å²) >= 11 is 0. The number of nitrogens with zero attached hydrogens (tertiary/aromatic N) is 2. The van der Waals surface area contributed by atoms with E-state index in [0.29, 0.717) is 0 Å². The molecule has 0 atom stereocenters. The van der Waals surface area contributed by atoms with Crippen LogP contribution in [-0.4, -0.2) is 38.2 Å². The largest absolute Gasteiger partial charge is 0.501 e. The molecule has 0 radical (unpaired) electrons. The van der Waals surface area contributed by atoms with Gasteiger partial charge in [-0.15, -0.1) is 0 Å². The number of unbranched alkanes of at least 4 members (excludes halogenated alkanes) is 1. The lowest BCUT2D eigenvalue weighted by Crippen LogP contribution is -2.33. The third kappa shape index (κ3) is 5.36. The fourth-order valence-corrected chi connectivity index (χ4v) is 3.13. The van der Waals surface area contributed by atoms with E-state index >= 15 is 0 Å². The van der Waals surface area contributed by atoms with E-state index in [2.05, 4.69) is 0 Å². The van der Waals surface area contributed by atoms with Gasteiger partial charge in [-0.1, -0.05) is 0 Å². The molecule has 24 heavy (non-hydrogen) atoms. The van der Waals surface area contributed by atoms with Crippen molar-refractivity contribution in [3.05, 3.63) is 18.7 Å². The Hall–Kier alpha value is -1.31. The summed E-state index contributed by atoms with van der Waals surface area (Å²) in [6, 6.07) is 0. The zero-order valence-electron chi connectivity index (χ0n) is 11.9. The van der Waals surface area contributed by atoms with Crippen molar-refractivity contribution in [2.75, 3.05) is 5.75 Å². The molecule has 1 aromatic heterocycles. The van der Waals surface area contributed by atoms with Crippen molar-refractivity contribution in [1.29, 1.82) is 0 Å². The molecule has 0 saturated heterocycles. The van der Waals surface area contributed by atoms with Gasteiger partial charge in [-0.25, -0.2) is 26.0 Å². The Labute approximate surface area is 133 Å². The fraction of sp³-hybridized carbons (Fsp3) is 0.700. The Morgan fingerprint density at radius 1 is 0.875 bits per heavy atom. The van der Waals surface area contributed by atoms with Gasteiger partial charge in [-0.05, 0) is 12.8 Å². The highest BCUT2D eigenvalue weighted by Crippen LogP contribution is 2.25. The van der Waals surface area contributed by atoms with Crippen LogP contribution in [0.3, 0.4) is 0 Å². The first-order valence-electron chi connectivity index (χ1n) is 6.28. The molecule has 0 spiro atoms. The maximum absolute atomic E-state index is 12.2. The molecule has 0 bridgehead atoms. The van der Waals surface area contributed by atoms with E-state index in [1.807, 2.05) is 0 Å². The first kappa shape index (κ1) is 20.7. The van der Waals surface area contributed by atoms with Gasteiger partial charge in [0.2, 0.25) is 16.2 Å². The van der Waals surface area contributed by atoms with Gasteiger partial charge >= 0.3 is 11.0 Å². The maximum atomic E-state index is 12.2. The number of alkyl halides is 6. The fourth-order valence-electron chi connectivity index (χ4n) is 1.62. The van der Waals surface area contributed by atoms with Gasteiger partial charge in [0.25, 0.3) is 9.84 Å². The van der Waals surface area contributed by atoms with Crippen molar-refractivity contribution in [1.82, 2.24) is 4.57 Å². The number of rotatable bonds is 7. The number of sulfone groups is 2. The summed E-state index contributed by atoms with van der Waals surface area (Å²) in [5.74, 6) is -2.42. The third-order valence-electron chi connectivity index (χ3n) is 2.85. The van der Waals surface area contributed by atoms with E-state index in [9.17, 15) is 43.2 Å². The molecule has 0 amide bonds. The van der Waals surface area contributed by atoms with E-state index in [0.717, 1.165) is 17.1 Å². The monoisotopic (exact) mass is 403 g/mol. The summed E-state index contributed by atoms with van der Waals surface area (Å²) in [6.07, 6.45) is 3.01. The molecule has 0 aliphatic carbocycles. The highest BCUT2D eigenvalue weighted by atomic mass is 32.2. The molecule has 1 aromatic rings. The summed E-state index contributed by atoms with van der Waals surface area (Å²) < 4.78 is 119. The predicted molar refractivity (Wildman–Crippen MR) is 68.7 cm³/mol. The number of hydrogen-bond donors (Lipinski definition) is 0. The number of imidazole rings is 1. The Kier molecular flexibility index (Phi) is 5.96. The molecule has 140 valence electrons. The third-order valence-corrected chi connectivity index (χ3v) is 5.72. The smallest absolute Gasteiger partial charge is 0.237 e. The molecule has 0 fully saturated rings. The summed E-state index contributed by atoms with van der Waals surface area (Å²) in [5.41, 5.74) is -10.7. The van der Waals surface area contributed by atoms with Crippen LogP contribution in [0.5, 0.6) is 0 Å². The number of hydrogen-bond acceptors (Lipinski definition) is 4. The van der Waals surface area contributed by atoms with Crippen LogP contribution in [0.25, 0.3) is 0 Å². The normalized spacial score (nSPS) is 14.1. The topological polar surface area (TPSA) is 77.1 Å². The van der Waals surface area contributed by atoms with Crippen LogP contribution in [0.15, 0.2) is 18.7 Å². The van der Waals surface area contributed by atoms with Crippen molar-refractivity contribution in [2.24, 2.45) is 0 Å². The average molecular weight is 403 g/mol. The Balaban J connectivity index is 2.55. The van der Waals surface area contributed by atoms with Crippen LogP contribution in [0, 0.1) is 0 Å². The lowest BCUT2D eigenvalue weighted by atomic mass is 10.3. The first-order chi connectivity index (χ1) is 10.7. The molecule has 1 rings (SSSR count). The van der Waals surface area contributed by atoms with Crippen LogP contribution in [-0.2, 0) is 32.1 Å². The lowest BCUT2D eigenvalue weighted by Gasteiger charge is -2.06. The Morgan fingerprint density at radius 2 is 1.42 bits per heavy atom. The standard InChI is InChI=1S/C10H13F6N2O4S2/c11-9(12,13)23(19,20)6-2-1-3-17-4-5-18(7-17)8-24(21,22)10(14,15)16/h4-5,7H,1-3,6,8H2/q+1. The highest BCUT2D eigenvalue weighted by molar-refractivity contribution is 7.92. The second-order valence-corrected chi connectivity index (χ2v) is 8.88. The van der Waals surface area contributed by atoms with Gasteiger partial charge in [0.05, 0.1) is 12.3 Å². The molecular formula is C10H13F6N2O4S2+. The minimum absolute atomic E-state index is 0.00993. The summed E-state index contributed by atoms with van der Waals surface area (Å²) in [5, 5.41) is 0. The summed E-state index contributed by atoms with van der Waals surface area (Å²) in [7, 11) is -10.6. The van der Waals surface area contributed by atoms with Gasteiger partial charge in [0.1, 0.15) is 12.4 Å². The molecule has 0 N–H and O–H groups in total. The van der Waals surface area contributed by atoms with Gasteiger partial charge in [-0.2, -0.15) is 26.3 Å². The molecule has 0 aliphatic rings.